The summed E-state index contributed by atoms with van der Waals surface area (Å²) >= 11 is 0. The van der Waals surface area contributed by atoms with Gasteiger partial charge in [-0.25, -0.2) is 4.57 Å². The molecule has 0 spiro atoms. The Balaban J connectivity index is 2.30. The van der Waals surface area contributed by atoms with Gasteiger partial charge in [0.25, 0.3) is 5.82 Å². The molecule has 98 valence electrons. The SMILES string of the molecule is Cc1cccc2c1N(c1cccc[n+]1C)S(=O)(=O)O2. The molecule has 1 aliphatic rings. The average molecular weight is 277 g/mol. The van der Waals surface area contributed by atoms with Crippen molar-refractivity contribution in [2.24, 2.45) is 7.05 Å². The molecule has 0 radical (unpaired) electrons. The van der Waals surface area contributed by atoms with E-state index in [1.807, 2.05) is 19.1 Å². The molecular formula is C13H13N2O3S+. The Bertz CT molecular complexity index is 756. The smallest absolute Gasteiger partial charge is 0.346 e. The first-order valence-electron chi connectivity index (χ1n) is 5.80. The van der Waals surface area contributed by atoms with Gasteiger partial charge in [0, 0.05) is 11.6 Å². The quantitative estimate of drug-likeness (QED) is 0.744. The van der Waals surface area contributed by atoms with Crippen LogP contribution in [0.2, 0.25) is 0 Å². The Labute approximate surface area is 111 Å². The van der Waals surface area contributed by atoms with Crippen LogP contribution in [0.1, 0.15) is 5.56 Å². The molecule has 0 bridgehead atoms. The van der Waals surface area contributed by atoms with Crippen LogP contribution in [0.25, 0.3) is 0 Å². The predicted octanol–water partition coefficient (Wildman–Crippen LogP) is 1.59. The van der Waals surface area contributed by atoms with E-state index in [1.165, 1.54) is 4.31 Å². The Morgan fingerprint density at radius 2 is 1.95 bits per heavy atom. The van der Waals surface area contributed by atoms with Gasteiger partial charge in [0.15, 0.2) is 11.4 Å². The van der Waals surface area contributed by atoms with E-state index in [1.54, 1.807) is 42.1 Å². The highest BCUT2D eigenvalue weighted by Gasteiger charge is 2.46. The third-order valence-electron chi connectivity index (χ3n) is 3.06. The number of hydrogen-bond acceptors (Lipinski definition) is 3. The fourth-order valence-corrected chi connectivity index (χ4v) is 3.49. The summed E-state index contributed by atoms with van der Waals surface area (Å²) in [5.74, 6) is 0.902. The van der Waals surface area contributed by atoms with Gasteiger partial charge in [0.05, 0.1) is 13.2 Å². The summed E-state index contributed by atoms with van der Waals surface area (Å²) in [5.41, 5.74) is 1.42. The average Bonchev–Trinajstić information content (AvgIpc) is 2.62. The number of fused-ring (bicyclic) bond motifs is 1. The van der Waals surface area contributed by atoms with Crippen LogP contribution >= 0.6 is 0 Å². The van der Waals surface area contributed by atoms with Crippen molar-refractivity contribution < 1.29 is 17.2 Å². The van der Waals surface area contributed by atoms with E-state index in [-0.39, 0.29) is 0 Å². The molecule has 19 heavy (non-hydrogen) atoms. The summed E-state index contributed by atoms with van der Waals surface area (Å²) in [6.45, 7) is 1.86. The largest absolute Gasteiger partial charge is 0.492 e. The van der Waals surface area contributed by atoms with E-state index in [0.717, 1.165) is 5.56 Å². The Morgan fingerprint density at radius 3 is 2.68 bits per heavy atom. The lowest BCUT2D eigenvalue weighted by molar-refractivity contribution is -0.657. The lowest BCUT2D eigenvalue weighted by atomic mass is 10.2. The van der Waals surface area contributed by atoms with Gasteiger partial charge in [-0.15, -0.1) is 8.42 Å². The van der Waals surface area contributed by atoms with Crippen molar-refractivity contribution in [1.29, 1.82) is 0 Å². The molecule has 1 aromatic carbocycles. The molecule has 1 aromatic heterocycles. The summed E-state index contributed by atoms with van der Waals surface area (Å²) in [7, 11) is -2.04. The van der Waals surface area contributed by atoms with Crippen molar-refractivity contribution in [3.63, 3.8) is 0 Å². The second kappa shape index (κ2) is 3.96. The molecule has 1 aliphatic heterocycles. The highest BCUT2D eigenvalue weighted by atomic mass is 32.2. The van der Waals surface area contributed by atoms with E-state index >= 15 is 0 Å². The predicted molar refractivity (Wildman–Crippen MR) is 70.5 cm³/mol. The first-order chi connectivity index (χ1) is 9.00. The van der Waals surface area contributed by atoms with Crippen LogP contribution in [0.3, 0.4) is 0 Å². The molecule has 3 rings (SSSR count). The first kappa shape index (κ1) is 12.0. The first-order valence-corrected chi connectivity index (χ1v) is 7.16. The van der Waals surface area contributed by atoms with E-state index < -0.39 is 10.3 Å². The topological polar surface area (TPSA) is 50.5 Å². The normalized spacial score (nSPS) is 16.0. The maximum atomic E-state index is 12.2. The molecule has 0 N–H and O–H groups in total. The minimum Gasteiger partial charge on any atom is -0.346 e. The maximum absolute atomic E-state index is 12.2. The number of nitrogens with zero attached hydrogens (tertiary/aromatic N) is 2. The lowest BCUT2D eigenvalue weighted by Crippen LogP contribution is -2.38. The van der Waals surface area contributed by atoms with Crippen LogP contribution in [0.15, 0.2) is 42.6 Å². The number of aryl methyl sites for hydroxylation is 2. The number of benzene rings is 1. The zero-order chi connectivity index (χ0) is 13.6. The van der Waals surface area contributed by atoms with Crippen LogP contribution in [-0.4, -0.2) is 8.42 Å². The number of anilines is 2. The summed E-state index contributed by atoms with van der Waals surface area (Å²) < 4.78 is 32.5. The van der Waals surface area contributed by atoms with Crippen LogP contribution in [0, 0.1) is 6.92 Å². The molecule has 0 amide bonds. The molecule has 2 heterocycles. The third-order valence-corrected chi connectivity index (χ3v) is 4.27. The minimum absolute atomic E-state index is 0.365. The molecule has 0 unspecified atom stereocenters. The molecule has 0 fully saturated rings. The van der Waals surface area contributed by atoms with Gasteiger partial charge >= 0.3 is 10.3 Å². The Morgan fingerprint density at radius 1 is 1.16 bits per heavy atom. The molecule has 0 saturated heterocycles. The number of pyridine rings is 1. The highest BCUT2D eigenvalue weighted by Crippen LogP contribution is 2.43. The number of para-hydroxylation sites is 1. The fourth-order valence-electron chi connectivity index (χ4n) is 2.18. The standard InChI is InChI=1S/C13H13N2O3S/c1-10-6-5-7-11-13(10)15(19(16,17)18-11)12-8-3-4-9-14(12)2/h3-9H,1-2H3/q+1. The highest BCUT2D eigenvalue weighted by molar-refractivity contribution is 7.89. The monoisotopic (exact) mass is 277 g/mol. The zero-order valence-corrected chi connectivity index (χ0v) is 11.4. The van der Waals surface area contributed by atoms with Crippen LogP contribution < -0.4 is 13.1 Å². The molecule has 0 aliphatic carbocycles. The summed E-state index contributed by atoms with van der Waals surface area (Å²) in [5, 5.41) is 0. The molecule has 0 atom stereocenters. The van der Waals surface area contributed by atoms with Crippen molar-refractivity contribution in [3.05, 3.63) is 48.2 Å². The number of rotatable bonds is 1. The zero-order valence-electron chi connectivity index (χ0n) is 10.6. The van der Waals surface area contributed by atoms with E-state index in [4.69, 9.17) is 4.18 Å². The van der Waals surface area contributed by atoms with E-state index in [9.17, 15) is 8.42 Å². The molecule has 2 aromatic rings. The molecule has 6 heteroatoms. The second-order valence-corrected chi connectivity index (χ2v) is 5.78. The van der Waals surface area contributed by atoms with E-state index in [2.05, 4.69) is 0 Å². The Hall–Kier alpha value is -2.08. The lowest BCUT2D eigenvalue weighted by Gasteiger charge is -2.10. The van der Waals surface area contributed by atoms with Gasteiger partial charge in [0.2, 0.25) is 0 Å². The minimum atomic E-state index is -3.83. The second-order valence-electron chi connectivity index (χ2n) is 4.40. The van der Waals surface area contributed by atoms with Crippen LogP contribution in [0.5, 0.6) is 5.75 Å². The summed E-state index contributed by atoms with van der Waals surface area (Å²) in [6.07, 6.45) is 1.79. The third kappa shape index (κ3) is 1.76. The number of hydrogen-bond donors (Lipinski definition) is 0. The molecule has 0 saturated carbocycles. The Kier molecular flexibility index (Phi) is 2.50. The van der Waals surface area contributed by atoms with Crippen LogP contribution in [0.4, 0.5) is 11.5 Å². The summed E-state index contributed by atoms with van der Waals surface area (Å²) in [4.78, 5) is 0. The van der Waals surface area contributed by atoms with Crippen molar-refractivity contribution in [2.75, 3.05) is 4.31 Å². The van der Waals surface area contributed by atoms with Gasteiger partial charge in [-0.1, -0.05) is 22.5 Å². The van der Waals surface area contributed by atoms with E-state index in [0.29, 0.717) is 17.3 Å². The van der Waals surface area contributed by atoms with Crippen molar-refractivity contribution in [1.82, 2.24) is 0 Å². The van der Waals surface area contributed by atoms with Crippen molar-refractivity contribution in [3.8, 4) is 5.75 Å². The molecule has 5 nitrogen and oxygen atoms in total. The van der Waals surface area contributed by atoms with Gasteiger partial charge < -0.3 is 4.18 Å². The van der Waals surface area contributed by atoms with Gasteiger partial charge in [-0.3, -0.25) is 0 Å². The van der Waals surface area contributed by atoms with Gasteiger partial charge in [0.1, 0.15) is 0 Å². The van der Waals surface area contributed by atoms with Crippen LogP contribution in [-0.2, 0) is 17.4 Å². The summed E-state index contributed by atoms with van der Waals surface area (Å²) in [6, 6.07) is 10.7. The van der Waals surface area contributed by atoms with Gasteiger partial charge in [-0.05, 0) is 19.1 Å². The van der Waals surface area contributed by atoms with Gasteiger partial charge in [-0.2, -0.15) is 0 Å². The maximum Gasteiger partial charge on any atom is 0.492 e. The van der Waals surface area contributed by atoms with Crippen molar-refractivity contribution in [2.45, 2.75) is 6.92 Å². The van der Waals surface area contributed by atoms with Crippen molar-refractivity contribution >= 4 is 21.8 Å². The molecular weight excluding hydrogens is 264 g/mol. The fraction of sp³-hybridized carbons (Fsp3) is 0.154. The number of aromatic nitrogens is 1.